The molecule has 46 heavy (non-hydrogen) atoms. The lowest BCUT2D eigenvalue weighted by Gasteiger charge is -2.13. The monoisotopic (exact) mass is 616 g/mol. The molecule has 2 nitrogen and oxygen atoms in total. The van der Waals surface area contributed by atoms with Gasteiger partial charge in [-0.15, -0.1) is 0 Å². The van der Waals surface area contributed by atoms with Crippen molar-refractivity contribution in [2.75, 3.05) is 0 Å². The highest BCUT2D eigenvalue weighted by Crippen LogP contribution is 2.31. The number of ether oxygens (including phenoxy) is 1. The van der Waals surface area contributed by atoms with Crippen molar-refractivity contribution in [1.29, 1.82) is 0 Å². The van der Waals surface area contributed by atoms with E-state index in [1.165, 1.54) is 110 Å². The molecule has 4 aromatic rings. The summed E-state index contributed by atoms with van der Waals surface area (Å²) in [6.07, 6.45) is 17.7. The summed E-state index contributed by atoms with van der Waals surface area (Å²) >= 11 is 0. The fourth-order valence-electron chi connectivity index (χ4n) is 6.30. The number of unbranched alkanes of at least 4 members (excludes halogenated alkanes) is 10. The molecule has 0 aromatic heterocycles. The van der Waals surface area contributed by atoms with Crippen molar-refractivity contribution in [1.82, 2.24) is 0 Å². The molecule has 0 amide bonds. The average molecular weight is 617 g/mol. The minimum atomic E-state index is -0.237. The van der Waals surface area contributed by atoms with Crippen molar-refractivity contribution in [3.8, 4) is 33.4 Å². The van der Waals surface area contributed by atoms with E-state index in [1.54, 1.807) is 0 Å². The number of hydrogen-bond donors (Lipinski definition) is 0. The summed E-state index contributed by atoms with van der Waals surface area (Å²) in [5, 5.41) is 0. The molecule has 0 bridgehead atoms. The van der Waals surface area contributed by atoms with Gasteiger partial charge >= 0.3 is 5.97 Å². The van der Waals surface area contributed by atoms with Gasteiger partial charge in [-0.3, -0.25) is 0 Å². The van der Waals surface area contributed by atoms with Crippen LogP contribution in [0.2, 0.25) is 0 Å². The predicted octanol–water partition coefficient (Wildman–Crippen LogP) is 13.2. The third kappa shape index (κ3) is 11.0. The number of carbonyl (C=O) groups excluding carboxylic acids is 1. The summed E-state index contributed by atoms with van der Waals surface area (Å²) in [4.78, 5) is 12.6. The van der Waals surface area contributed by atoms with E-state index < -0.39 is 0 Å². The number of carbonyl (C=O) groups is 1. The lowest BCUT2D eigenvalue weighted by molar-refractivity contribution is 0.0319. The van der Waals surface area contributed by atoms with Crippen LogP contribution in [0.5, 0.6) is 0 Å². The van der Waals surface area contributed by atoms with E-state index in [9.17, 15) is 4.79 Å². The third-order valence-electron chi connectivity index (χ3n) is 9.25. The number of benzene rings is 4. The fraction of sp³-hybridized carbons (Fsp3) is 0.432. The van der Waals surface area contributed by atoms with Gasteiger partial charge in [-0.05, 0) is 96.2 Å². The number of esters is 1. The zero-order chi connectivity index (χ0) is 32.6. The predicted molar refractivity (Wildman–Crippen MR) is 197 cm³/mol. The largest absolute Gasteiger partial charge is 0.459 e. The molecule has 0 spiro atoms. The van der Waals surface area contributed by atoms with Gasteiger partial charge < -0.3 is 4.74 Å². The first-order valence-electron chi connectivity index (χ1n) is 18.1. The third-order valence-corrected chi connectivity index (χ3v) is 9.25. The zero-order valence-electron chi connectivity index (χ0n) is 29.0. The van der Waals surface area contributed by atoms with Gasteiger partial charge in [0, 0.05) is 0 Å². The van der Waals surface area contributed by atoms with E-state index in [-0.39, 0.29) is 12.1 Å². The highest BCUT2D eigenvalue weighted by molar-refractivity contribution is 5.90. The molecule has 244 valence electrons. The molecule has 0 fully saturated rings. The maximum absolute atomic E-state index is 12.6. The van der Waals surface area contributed by atoms with Crippen molar-refractivity contribution < 1.29 is 9.53 Å². The van der Waals surface area contributed by atoms with Gasteiger partial charge in [-0.25, -0.2) is 4.79 Å². The van der Waals surface area contributed by atoms with Gasteiger partial charge in [0.1, 0.15) is 0 Å². The summed E-state index contributed by atoms with van der Waals surface area (Å²) in [5.41, 5.74) is 10.6. The Kier molecular flexibility index (Phi) is 14.6. The highest BCUT2D eigenvalue weighted by atomic mass is 16.5. The molecular weight excluding hydrogens is 560 g/mol. The van der Waals surface area contributed by atoms with Gasteiger partial charge in [-0.1, -0.05) is 157 Å². The first kappa shape index (κ1) is 35.2. The molecule has 2 heteroatoms. The van der Waals surface area contributed by atoms with Crippen molar-refractivity contribution >= 4 is 5.97 Å². The first-order chi connectivity index (χ1) is 22.5. The van der Waals surface area contributed by atoms with Crippen LogP contribution in [0.3, 0.4) is 0 Å². The number of aryl methyl sites for hydroxylation is 2. The average Bonchev–Trinajstić information content (AvgIpc) is 3.08. The van der Waals surface area contributed by atoms with E-state index in [0.29, 0.717) is 5.56 Å². The topological polar surface area (TPSA) is 26.3 Å². The van der Waals surface area contributed by atoms with Gasteiger partial charge in [0.25, 0.3) is 0 Å². The molecule has 0 aliphatic rings. The quantitative estimate of drug-likeness (QED) is 0.0774. The standard InChI is InChI=1S/C44H56O2/c1-5-7-9-11-12-13-14-16-18-36-19-21-39(22-20-36)42-31-32-43(34(3)33-42)40-27-23-37(24-28-40)38-25-29-41(30-26-38)44(45)46-35(4)17-15-10-8-6-2/h19-33,35H,5-18H2,1-4H3. The normalized spacial score (nSPS) is 11.8. The van der Waals surface area contributed by atoms with Crippen LogP contribution in [0.4, 0.5) is 0 Å². The Morgan fingerprint density at radius 3 is 1.65 bits per heavy atom. The van der Waals surface area contributed by atoms with Crippen LogP contribution in [0.25, 0.3) is 33.4 Å². The SMILES string of the molecule is CCCCCCCCCCc1ccc(-c2ccc(-c3ccc(-c4ccc(C(=O)OC(C)CCCCCC)cc4)cc3)c(C)c2)cc1. The molecule has 1 unspecified atom stereocenters. The van der Waals surface area contributed by atoms with Crippen molar-refractivity contribution in [3.63, 3.8) is 0 Å². The summed E-state index contributed by atoms with van der Waals surface area (Å²) in [6, 6.07) is 32.5. The Bertz CT molecular complexity index is 1450. The second kappa shape index (κ2) is 19.1. The Balaban J connectivity index is 1.29. The van der Waals surface area contributed by atoms with E-state index in [4.69, 9.17) is 4.74 Å². The Morgan fingerprint density at radius 2 is 1.04 bits per heavy atom. The summed E-state index contributed by atoms with van der Waals surface area (Å²) in [5.74, 6) is -0.237. The maximum Gasteiger partial charge on any atom is 0.338 e. The van der Waals surface area contributed by atoms with E-state index in [2.05, 4.69) is 87.5 Å². The van der Waals surface area contributed by atoms with Crippen molar-refractivity contribution in [2.24, 2.45) is 0 Å². The maximum atomic E-state index is 12.6. The lowest BCUT2D eigenvalue weighted by atomic mass is 9.94. The fourth-order valence-corrected chi connectivity index (χ4v) is 6.30. The molecule has 0 saturated heterocycles. The molecule has 4 rings (SSSR count). The molecule has 0 heterocycles. The summed E-state index contributed by atoms with van der Waals surface area (Å²) in [7, 11) is 0. The smallest absolute Gasteiger partial charge is 0.338 e. The Labute approximate surface area is 279 Å². The van der Waals surface area contributed by atoms with Crippen molar-refractivity contribution in [3.05, 3.63) is 108 Å². The molecule has 1 atom stereocenters. The van der Waals surface area contributed by atoms with Crippen LogP contribution < -0.4 is 0 Å². The first-order valence-corrected chi connectivity index (χ1v) is 18.1. The number of hydrogen-bond acceptors (Lipinski definition) is 2. The van der Waals surface area contributed by atoms with Crippen LogP contribution in [0, 0.1) is 6.92 Å². The van der Waals surface area contributed by atoms with Gasteiger partial charge in [-0.2, -0.15) is 0 Å². The summed E-state index contributed by atoms with van der Waals surface area (Å²) in [6.45, 7) is 8.68. The Hall–Kier alpha value is -3.65. The van der Waals surface area contributed by atoms with E-state index in [1.807, 2.05) is 31.2 Å². The minimum Gasteiger partial charge on any atom is -0.459 e. The van der Waals surface area contributed by atoms with Crippen molar-refractivity contribution in [2.45, 2.75) is 124 Å². The molecule has 0 saturated carbocycles. The minimum absolute atomic E-state index is 0.0518. The van der Waals surface area contributed by atoms with Crippen LogP contribution in [-0.2, 0) is 11.2 Å². The number of rotatable bonds is 19. The van der Waals surface area contributed by atoms with E-state index >= 15 is 0 Å². The zero-order valence-corrected chi connectivity index (χ0v) is 29.0. The van der Waals surface area contributed by atoms with E-state index in [0.717, 1.165) is 24.0 Å². The molecule has 0 aliphatic heterocycles. The second-order valence-corrected chi connectivity index (χ2v) is 13.2. The van der Waals surface area contributed by atoms with Crippen LogP contribution in [0.1, 0.15) is 126 Å². The van der Waals surface area contributed by atoms with Gasteiger partial charge in [0.15, 0.2) is 0 Å². The molecule has 0 aliphatic carbocycles. The lowest BCUT2D eigenvalue weighted by Crippen LogP contribution is -2.15. The van der Waals surface area contributed by atoms with Crippen LogP contribution in [-0.4, -0.2) is 12.1 Å². The van der Waals surface area contributed by atoms with Gasteiger partial charge in [0.2, 0.25) is 0 Å². The highest BCUT2D eigenvalue weighted by Gasteiger charge is 2.12. The second-order valence-electron chi connectivity index (χ2n) is 13.2. The molecule has 0 radical (unpaired) electrons. The summed E-state index contributed by atoms with van der Waals surface area (Å²) < 4.78 is 5.67. The molecular formula is C44H56O2. The van der Waals surface area contributed by atoms with Crippen LogP contribution >= 0.6 is 0 Å². The van der Waals surface area contributed by atoms with Gasteiger partial charge in [0.05, 0.1) is 11.7 Å². The van der Waals surface area contributed by atoms with Crippen LogP contribution in [0.15, 0.2) is 91.0 Å². The Morgan fingerprint density at radius 1 is 0.565 bits per heavy atom. The molecule has 0 N–H and O–H groups in total. The molecule has 4 aromatic carbocycles.